The molecule has 1 aliphatic rings. The van der Waals surface area contributed by atoms with Gasteiger partial charge in [0, 0.05) is 17.4 Å². The SMILES string of the molecule is Cc1cc(N)ccc1NC(=O)CN(C)C1CCCC1. The Kier molecular flexibility index (Phi) is 4.43. The largest absolute Gasteiger partial charge is 0.399 e. The standard InChI is InChI=1S/C15H23N3O/c1-11-9-12(16)7-8-14(11)17-15(19)10-18(2)13-5-3-4-6-13/h7-9,13H,3-6,10,16H2,1-2H3,(H,17,19). The molecule has 4 heteroatoms. The summed E-state index contributed by atoms with van der Waals surface area (Å²) in [6.45, 7) is 2.40. The molecule has 1 fully saturated rings. The lowest BCUT2D eigenvalue weighted by atomic mass is 10.2. The molecule has 104 valence electrons. The van der Waals surface area contributed by atoms with Crippen LogP contribution < -0.4 is 11.1 Å². The molecular weight excluding hydrogens is 238 g/mol. The van der Waals surface area contributed by atoms with Crippen molar-refractivity contribution in [2.24, 2.45) is 0 Å². The highest BCUT2D eigenvalue weighted by molar-refractivity contribution is 5.93. The van der Waals surface area contributed by atoms with Crippen LogP contribution in [0.1, 0.15) is 31.2 Å². The first-order chi connectivity index (χ1) is 9.06. The van der Waals surface area contributed by atoms with Crippen LogP contribution in [0, 0.1) is 6.92 Å². The monoisotopic (exact) mass is 261 g/mol. The second-order valence-corrected chi connectivity index (χ2v) is 5.48. The van der Waals surface area contributed by atoms with Gasteiger partial charge in [-0.1, -0.05) is 12.8 Å². The molecule has 3 N–H and O–H groups in total. The van der Waals surface area contributed by atoms with Gasteiger partial charge in [0.05, 0.1) is 6.54 Å². The van der Waals surface area contributed by atoms with E-state index in [-0.39, 0.29) is 5.91 Å². The van der Waals surface area contributed by atoms with Gasteiger partial charge >= 0.3 is 0 Å². The van der Waals surface area contributed by atoms with E-state index in [2.05, 4.69) is 10.2 Å². The summed E-state index contributed by atoms with van der Waals surface area (Å²) in [5, 5.41) is 2.96. The fourth-order valence-corrected chi connectivity index (χ4v) is 2.72. The summed E-state index contributed by atoms with van der Waals surface area (Å²) in [7, 11) is 2.03. The van der Waals surface area contributed by atoms with E-state index in [4.69, 9.17) is 5.73 Å². The van der Waals surface area contributed by atoms with E-state index in [9.17, 15) is 4.79 Å². The number of aryl methyl sites for hydroxylation is 1. The number of nitrogens with two attached hydrogens (primary N) is 1. The molecule has 0 radical (unpaired) electrons. The highest BCUT2D eigenvalue weighted by Gasteiger charge is 2.21. The third-order valence-electron chi connectivity index (χ3n) is 3.87. The molecule has 1 aromatic carbocycles. The number of hydrogen-bond acceptors (Lipinski definition) is 3. The van der Waals surface area contributed by atoms with Crippen LogP contribution in [0.4, 0.5) is 11.4 Å². The first-order valence-electron chi connectivity index (χ1n) is 6.92. The molecular formula is C15H23N3O. The second kappa shape index (κ2) is 6.06. The van der Waals surface area contributed by atoms with E-state index in [0.29, 0.717) is 12.6 Å². The first-order valence-corrected chi connectivity index (χ1v) is 6.92. The summed E-state index contributed by atoms with van der Waals surface area (Å²) in [4.78, 5) is 14.2. The van der Waals surface area contributed by atoms with Gasteiger partial charge in [-0.05, 0) is 50.6 Å². The fourth-order valence-electron chi connectivity index (χ4n) is 2.72. The molecule has 1 amide bonds. The molecule has 0 aromatic heterocycles. The van der Waals surface area contributed by atoms with Crippen LogP contribution >= 0.6 is 0 Å². The fraction of sp³-hybridized carbons (Fsp3) is 0.533. The number of hydrogen-bond donors (Lipinski definition) is 2. The average molecular weight is 261 g/mol. The van der Waals surface area contributed by atoms with Crippen LogP contribution in [0.15, 0.2) is 18.2 Å². The minimum atomic E-state index is 0.0438. The Morgan fingerprint density at radius 1 is 1.42 bits per heavy atom. The molecule has 1 aliphatic carbocycles. The van der Waals surface area contributed by atoms with Crippen LogP contribution in [0.2, 0.25) is 0 Å². The average Bonchev–Trinajstić information content (AvgIpc) is 2.86. The lowest BCUT2D eigenvalue weighted by molar-refractivity contribution is -0.117. The van der Waals surface area contributed by atoms with Crippen molar-refractivity contribution in [3.63, 3.8) is 0 Å². The van der Waals surface area contributed by atoms with Crippen molar-refractivity contribution >= 4 is 17.3 Å². The summed E-state index contributed by atoms with van der Waals surface area (Å²) in [5.41, 5.74) is 8.27. The lowest BCUT2D eigenvalue weighted by Gasteiger charge is -2.23. The number of rotatable bonds is 4. The molecule has 0 saturated heterocycles. The smallest absolute Gasteiger partial charge is 0.238 e. The Balaban J connectivity index is 1.89. The van der Waals surface area contributed by atoms with Crippen LogP contribution in [-0.4, -0.2) is 30.4 Å². The molecule has 0 heterocycles. The van der Waals surface area contributed by atoms with Crippen molar-refractivity contribution in [1.82, 2.24) is 4.90 Å². The second-order valence-electron chi connectivity index (χ2n) is 5.48. The van der Waals surface area contributed by atoms with Crippen molar-refractivity contribution in [2.75, 3.05) is 24.6 Å². The normalized spacial score (nSPS) is 15.9. The van der Waals surface area contributed by atoms with E-state index in [1.807, 2.05) is 32.2 Å². The zero-order valence-electron chi connectivity index (χ0n) is 11.8. The zero-order valence-corrected chi connectivity index (χ0v) is 11.8. The third kappa shape index (κ3) is 3.70. The van der Waals surface area contributed by atoms with Gasteiger partial charge in [0.1, 0.15) is 0 Å². The highest BCUT2D eigenvalue weighted by Crippen LogP contribution is 2.22. The number of likely N-dealkylation sites (N-methyl/N-ethyl adjacent to an activating group) is 1. The van der Waals surface area contributed by atoms with Crippen molar-refractivity contribution in [1.29, 1.82) is 0 Å². The molecule has 1 saturated carbocycles. The van der Waals surface area contributed by atoms with Gasteiger partial charge in [0.2, 0.25) is 5.91 Å². The maximum absolute atomic E-state index is 12.0. The van der Waals surface area contributed by atoms with E-state index < -0.39 is 0 Å². The van der Waals surface area contributed by atoms with Crippen LogP contribution in [0.3, 0.4) is 0 Å². The molecule has 2 rings (SSSR count). The van der Waals surface area contributed by atoms with Crippen molar-refractivity contribution in [2.45, 2.75) is 38.6 Å². The Labute approximate surface area is 115 Å². The summed E-state index contributed by atoms with van der Waals surface area (Å²) < 4.78 is 0. The molecule has 1 aromatic rings. The molecule has 0 atom stereocenters. The lowest BCUT2D eigenvalue weighted by Crippen LogP contribution is -2.36. The van der Waals surface area contributed by atoms with Gasteiger partial charge < -0.3 is 11.1 Å². The summed E-state index contributed by atoms with van der Waals surface area (Å²) in [6, 6.07) is 6.11. The predicted octanol–water partition coefficient (Wildman–Crippen LogP) is 2.39. The minimum Gasteiger partial charge on any atom is -0.399 e. The minimum absolute atomic E-state index is 0.0438. The number of anilines is 2. The molecule has 0 aliphatic heterocycles. The number of carbonyl (C=O) groups excluding carboxylic acids is 1. The van der Waals surface area contributed by atoms with E-state index in [0.717, 1.165) is 16.9 Å². The topological polar surface area (TPSA) is 58.4 Å². The maximum Gasteiger partial charge on any atom is 0.238 e. The van der Waals surface area contributed by atoms with Crippen molar-refractivity contribution < 1.29 is 4.79 Å². The van der Waals surface area contributed by atoms with Gasteiger partial charge in [-0.2, -0.15) is 0 Å². The zero-order chi connectivity index (χ0) is 13.8. The number of amides is 1. The Bertz CT molecular complexity index is 453. The Hall–Kier alpha value is -1.55. The van der Waals surface area contributed by atoms with Gasteiger partial charge in [-0.25, -0.2) is 0 Å². The van der Waals surface area contributed by atoms with Crippen LogP contribution in [0.25, 0.3) is 0 Å². The molecule has 0 unspecified atom stereocenters. The number of nitrogens with zero attached hydrogens (tertiary/aromatic N) is 1. The predicted molar refractivity (Wildman–Crippen MR) is 79.1 cm³/mol. The number of nitrogens with one attached hydrogen (secondary N) is 1. The Morgan fingerprint density at radius 3 is 2.74 bits per heavy atom. The van der Waals surface area contributed by atoms with E-state index >= 15 is 0 Å². The van der Waals surface area contributed by atoms with Gasteiger partial charge in [0.25, 0.3) is 0 Å². The van der Waals surface area contributed by atoms with Crippen molar-refractivity contribution in [3.05, 3.63) is 23.8 Å². The van der Waals surface area contributed by atoms with E-state index in [1.54, 1.807) is 0 Å². The van der Waals surface area contributed by atoms with Gasteiger partial charge in [-0.15, -0.1) is 0 Å². The summed E-state index contributed by atoms with van der Waals surface area (Å²) >= 11 is 0. The first kappa shape index (κ1) is 13.9. The quantitative estimate of drug-likeness (QED) is 0.818. The maximum atomic E-state index is 12.0. The van der Waals surface area contributed by atoms with Gasteiger partial charge in [0.15, 0.2) is 0 Å². The number of benzene rings is 1. The van der Waals surface area contributed by atoms with Crippen LogP contribution in [-0.2, 0) is 4.79 Å². The van der Waals surface area contributed by atoms with Crippen molar-refractivity contribution in [3.8, 4) is 0 Å². The third-order valence-corrected chi connectivity index (χ3v) is 3.87. The van der Waals surface area contributed by atoms with Gasteiger partial charge in [-0.3, -0.25) is 9.69 Å². The van der Waals surface area contributed by atoms with Crippen LogP contribution in [0.5, 0.6) is 0 Å². The highest BCUT2D eigenvalue weighted by atomic mass is 16.2. The molecule has 19 heavy (non-hydrogen) atoms. The molecule has 0 spiro atoms. The molecule has 4 nitrogen and oxygen atoms in total. The number of nitrogen functional groups attached to an aromatic ring is 1. The van der Waals surface area contributed by atoms with E-state index in [1.165, 1.54) is 25.7 Å². The number of carbonyl (C=O) groups is 1. The Morgan fingerprint density at radius 2 is 2.11 bits per heavy atom. The summed E-state index contributed by atoms with van der Waals surface area (Å²) in [6.07, 6.45) is 5.00. The summed E-state index contributed by atoms with van der Waals surface area (Å²) in [5.74, 6) is 0.0438. The molecule has 0 bridgehead atoms.